The summed E-state index contributed by atoms with van der Waals surface area (Å²) in [4.78, 5) is 6.93. The van der Waals surface area contributed by atoms with E-state index in [1.54, 1.807) is 37.5 Å². The molecule has 0 atom stereocenters. The number of aromatic nitrogens is 1. The van der Waals surface area contributed by atoms with E-state index in [9.17, 15) is 8.42 Å². The van der Waals surface area contributed by atoms with Crippen molar-refractivity contribution >= 4 is 15.8 Å². The summed E-state index contributed by atoms with van der Waals surface area (Å²) in [6, 6.07) is 14.5. The predicted octanol–water partition coefficient (Wildman–Crippen LogP) is 2.37. The number of hydrogen-bond acceptors (Lipinski definition) is 4. The Morgan fingerprint density at radius 2 is 1.70 bits per heavy atom. The number of benzene rings is 1. The second kappa shape index (κ2) is 6.68. The second-order valence-electron chi connectivity index (χ2n) is 5.74. The lowest BCUT2D eigenvalue weighted by Crippen LogP contribution is -2.45. The van der Waals surface area contributed by atoms with Crippen molar-refractivity contribution < 1.29 is 8.42 Å². The molecule has 1 aliphatic heterocycles. The van der Waals surface area contributed by atoms with Crippen LogP contribution in [0.25, 0.3) is 0 Å². The highest BCUT2D eigenvalue weighted by atomic mass is 32.2. The maximum Gasteiger partial charge on any atom is 0.243 e. The fraction of sp³-hybridized carbons (Fsp3) is 0.353. The third-order valence-electron chi connectivity index (χ3n) is 4.37. The van der Waals surface area contributed by atoms with Crippen molar-refractivity contribution in [2.24, 2.45) is 0 Å². The van der Waals surface area contributed by atoms with Gasteiger partial charge in [-0.15, -0.1) is 0 Å². The Morgan fingerprint density at radius 3 is 2.30 bits per heavy atom. The van der Waals surface area contributed by atoms with E-state index in [1.165, 1.54) is 4.31 Å². The predicted molar refractivity (Wildman–Crippen MR) is 90.9 cm³/mol. The fourth-order valence-electron chi connectivity index (χ4n) is 2.95. The molecular formula is C17H21N3O2S. The van der Waals surface area contributed by atoms with Gasteiger partial charge < -0.3 is 4.90 Å². The van der Waals surface area contributed by atoms with Crippen LogP contribution in [0.15, 0.2) is 59.6 Å². The number of nitrogens with zero attached hydrogens (tertiary/aromatic N) is 3. The van der Waals surface area contributed by atoms with Crippen molar-refractivity contribution in [1.82, 2.24) is 9.29 Å². The molecule has 2 aromatic rings. The van der Waals surface area contributed by atoms with Crippen LogP contribution in [-0.2, 0) is 10.0 Å². The number of anilines is 1. The Bertz CT molecular complexity index is 727. The first-order valence-corrected chi connectivity index (χ1v) is 9.22. The van der Waals surface area contributed by atoms with Gasteiger partial charge in [-0.05, 0) is 37.1 Å². The third kappa shape index (κ3) is 3.38. The van der Waals surface area contributed by atoms with Gasteiger partial charge >= 0.3 is 0 Å². The summed E-state index contributed by atoms with van der Waals surface area (Å²) in [5, 5.41) is 0. The van der Waals surface area contributed by atoms with Crippen LogP contribution in [0.2, 0.25) is 0 Å². The smallest absolute Gasteiger partial charge is 0.243 e. The number of sulfonamides is 1. The SMILES string of the molecule is CN(C1CCN(c2ccccn2)CC1)S(=O)(=O)c1ccccc1. The van der Waals surface area contributed by atoms with Gasteiger partial charge in [0.1, 0.15) is 5.82 Å². The van der Waals surface area contributed by atoms with Gasteiger partial charge in [-0.3, -0.25) is 0 Å². The molecule has 1 aromatic carbocycles. The second-order valence-corrected chi connectivity index (χ2v) is 7.74. The van der Waals surface area contributed by atoms with Crippen molar-refractivity contribution in [3.05, 3.63) is 54.7 Å². The molecule has 122 valence electrons. The summed E-state index contributed by atoms with van der Waals surface area (Å²) < 4.78 is 26.9. The first-order chi connectivity index (χ1) is 11.1. The van der Waals surface area contributed by atoms with Gasteiger partial charge in [-0.1, -0.05) is 24.3 Å². The zero-order valence-corrected chi connectivity index (χ0v) is 14.0. The van der Waals surface area contributed by atoms with Crippen LogP contribution in [0.5, 0.6) is 0 Å². The van der Waals surface area contributed by atoms with E-state index < -0.39 is 10.0 Å². The van der Waals surface area contributed by atoms with Gasteiger partial charge in [0.2, 0.25) is 10.0 Å². The van der Waals surface area contributed by atoms with Gasteiger partial charge in [0.15, 0.2) is 0 Å². The summed E-state index contributed by atoms with van der Waals surface area (Å²) in [7, 11) is -1.74. The largest absolute Gasteiger partial charge is 0.357 e. The maximum absolute atomic E-state index is 12.7. The van der Waals surface area contributed by atoms with E-state index in [4.69, 9.17) is 0 Å². The Labute approximate surface area is 137 Å². The molecule has 23 heavy (non-hydrogen) atoms. The molecular weight excluding hydrogens is 310 g/mol. The average Bonchev–Trinajstić information content (AvgIpc) is 2.63. The molecule has 0 aliphatic carbocycles. The molecule has 0 amide bonds. The highest BCUT2D eigenvalue weighted by molar-refractivity contribution is 7.89. The van der Waals surface area contributed by atoms with Crippen molar-refractivity contribution in [2.45, 2.75) is 23.8 Å². The van der Waals surface area contributed by atoms with Crippen LogP contribution in [0.4, 0.5) is 5.82 Å². The Balaban J connectivity index is 1.68. The minimum absolute atomic E-state index is 0.0279. The number of piperidine rings is 1. The van der Waals surface area contributed by atoms with Crippen LogP contribution in [0.3, 0.4) is 0 Å². The molecule has 0 spiro atoms. The molecule has 3 rings (SSSR count). The quantitative estimate of drug-likeness (QED) is 0.863. The molecule has 0 bridgehead atoms. The van der Waals surface area contributed by atoms with Crippen molar-refractivity contribution in [3.8, 4) is 0 Å². The molecule has 0 radical (unpaired) electrons. The molecule has 0 unspecified atom stereocenters. The van der Waals surface area contributed by atoms with E-state index >= 15 is 0 Å². The molecule has 1 aromatic heterocycles. The molecule has 1 fully saturated rings. The van der Waals surface area contributed by atoms with Crippen molar-refractivity contribution in [2.75, 3.05) is 25.0 Å². The molecule has 5 nitrogen and oxygen atoms in total. The standard InChI is InChI=1S/C17H21N3O2S/c1-19(23(21,22)16-7-3-2-4-8-16)15-10-13-20(14-11-15)17-9-5-6-12-18-17/h2-9,12,15H,10-11,13-14H2,1H3. The Morgan fingerprint density at radius 1 is 1.04 bits per heavy atom. The highest BCUT2D eigenvalue weighted by Crippen LogP contribution is 2.24. The lowest BCUT2D eigenvalue weighted by atomic mass is 10.1. The van der Waals surface area contributed by atoms with Gasteiger partial charge in [0.25, 0.3) is 0 Å². The Kier molecular flexibility index (Phi) is 4.63. The zero-order chi connectivity index (χ0) is 16.3. The highest BCUT2D eigenvalue weighted by Gasteiger charge is 2.30. The zero-order valence-electron chi connectivity index (χ0n) is 13.2. The van der Waals surface area contributed by atoms with Gasteiger partial charge in [0.05, 0.1) is 4.90 Å². The van der Waals surface area contributed by atoms with Crippen molar-refractivity contribution in [1.29, 1.82) is 0 Å². The first kappa shape index (κ1) is 16.0. The maximum atomic E-state index is 12.7. The molecule has 1 saturated heterocycles. The summed E-state index contributed by atoms with van der Waals surface area (Å²) in [6.45, 7) is 1.63. The van der Waals surface area contributed by atoms with Gasteiger partial charge in [-0.2, -0.15) is 4.31 Å². The number of rotatable bonds is 4. The normalized spacial score (nSPS) is 16.7. The average molecular weight is 331 g/mol. The molecule has 0 N–H and O–H groups in total. The lowest BCUT2D eigenvalue weighted by molar-refractivity contribution is 0.311. The molecule has 1 aliphatic rings. The summed E-state index contributed by atoms with van der Waals surface area (Å²) in [5.74, 6) is 0.958. The number of hydrogen-bond donors (Lipinski definition) is 0. The Hall–Kier alpha value is -1.92. The molecule has 2 heterocycles. The van der Waals surface area contributed by atoms with Crippen LogP contribution in [-0.4, -0.2) is 43.9 Å². The van der Waals surface area contributed by atoms with E-state index in [0.717, 1.165) is 31.7 Å². The van der Waals surface area contributed by atoms with E-state index in [0.29, 0.717) is 4.90 Å². The van der Waals surface area contributed by atoms with Gasteiger partial charge in [-0.25, -0.2) is 13.4 Å². The summed E-state index contributed by atoms with van der Waals surface area (Å²) >= 11 is 0. The number of pyridine rings is 1. The topological polar surface area (TPSA) is 53.5 Å². The van der Waals surface area contributed by atoms with Crippen LogP contribution in [0, 0.1) is 0 Å². The van der Waals surface area contributed by atoms with E-state index in [2.05, 4.69) is 9.88 Å². The minimum atomic E-state index is -3.42. The first-order valence-electron chi connectivity index (χ1n) is 7.78. The van der Waals surface area contributed by atoms with Crippen LogP contribution < -0.4 is 4.90 Å². The summed E-state index contributed by atoms with van der Waals surface area (Å²) in [5.41, 5.74) is 0. The third-order valence-corrected chi connectivity index (χ3v) is 6.30. The summed E-state index contributed by atoms with van der Waals surface area (Å²) in [6.07, 6.45) is 3.39. The lowest BCUT2D eigenvalue weighted by Gasteiger charge is -2.36. The van der Waals surface area contributed by atoms with Crippen molar-refractivity contribution in [3.63, 3.8) is 0 Å². The fourth-order valence-corrected chi connectivity index (χ4v) is 4.39. The minimum Gasteiger partial charge on any atom is -0.357 e. The van der Waals surface area contributed by atoms with E-state index in [1.807, 2.05) is 24.3 Å². The van der Waals surface area contributed by atoms with Crippen LogP contribution in [0.1, 0.15) is 12.8 Å². The molecule has 6 heteroatoms. The van der Waals surface area contributed by atoms with E-state index in [-0.39, 0.29) is 6.04 Å². The van der Waals surface area contributed by atoms with Gasteiger partial charge in [0, 0.05) is 32.4 Å². The molecule has 0 saturated carbocycles. The van der Waals surface area contributed by atoms with Crippen LogP contribution >= 0.6 is 0 Å². The monoisotopic (exact) mass is 331 g/mol.